The van der Waals surface area contributed by atoms with Gasteiger partial charge in [0.1, 0.15) is 11.6 Å². The number of anilines is 1. The summed E-state index contributed by atoms with van der Waals surface area (Å²) < 4.78 is 5.47. The predicted octanol–water partition coefficient (Wildman–Crippen LogP) is 2.98. The monoisotopic (exact) mass is 216 g/mol. The van der Waals surface area contributed by atoms with Crippen LogP contribution in [-0.4, -0.2) is 18.6 Å². The van der Waals surface area contributed by atoms with Crippen molar-refractivity contribution in [2.24, 2.45) is 0 Å². The number of nitrogens with one attached hydrogen (secondary N) is 1. The molecule has 1 heterocycles. The Balaban J connectivity index is 2.53. The molecule has 0 bridgehead atoms. The molecule has 0 amide bonds. The zero-order chi connectivity index (χ0) is 11.5. The maximum absolute atomic E-state index is 5.47. The van der Waals surface area contributed by atoms with Gasteiger partial charge in [-0.25, -0.2) is 4.98 Å². The van der Waals surface area contributed by atoms with Crippen molar-refractivity contribution >= 4 is 16.7 Å². The van der Waals surface area contributed by atoms with Crippen LogP contribution in [0.1, 0.15) is 12.5 Å². The minimum absolute atomic E-state index is 0.687. The topological polar surface area (TPSA) is 34.1 Å². The molecular weight excluding hydrogens is 200 g/mol. The molecule has 0 aliphatic rings. The largest absolute Gasteiger partial charge is 0.494 e. The first-order valence-electron chi connectivity index (χ1n) is 5.46. The molecule has 0 radical (unpaired) electrons. The SMILES string of the molecule is CCOc1ccc2nc(NC)c(C)cc2c1. The van der Waals surface area contributed by atoms with Gasteiger partial charge in [0.2, 0.25) is 0 Å². The Morgan fingerprint density at radius 1 is 1.31 bits per heavy atom. The number of nitrogens with zero attached hydrogens (tertiary/aromatic N) is 1. The number of rotatable bonds is 3. The van der Waals surface area contributed by atoms with Crippen molar-refractivity contribution in [3.63, 3.8) is 0 Å². The second-order valence-corrected chi connectivity index (χ2v) is 3.69. The summed E-state index contributed by atoms with van der Waals surface area (Å²) in [6, 6.07) is 8.09. The van der Waals surface area contributed by atoms with Crippen molar-refractivity contribution in [2.75, 3.05) is 19.0 Å². The summed E-state index contributed by atoms with van der Waals surface area (Å²) in [5.74, 6) is 1.82. The number of aromatic nitrogens is 1. The van der Waals surface area contributed by atoms with Gasteiger partial charge in [0.15, 0.2) is 0 Å². The van der Waals surface area contributed by atoms with Gasteiger partial charge in [0.05, 0.1) is 12.1 Å². The van der Waals surface area contributed by atoms with Crippen molar-refractivity contribution in [1.82, 2.24) is 4.98 Å². The van der Waals surface area contributed by atoms with E-state index in [4.69, 9.17) is 4.74 Å². The van der Waals surface area contributed by atoms with Crippen LogP contribution in [0.2, 0.25) is 0 Å². The highest BCUT2D eigenvalue weighted by Gasteiger charge is 2.03. The molecule has 0 saturated heterocycles. The van der Waals surface area contributed by atoms with E-state index in [0.29, 0.717) is 6.61 Å². The third-order valence-corrected chi connectivity index (χ3v) is 2.52. The van der Waals surface area contributed by atoms with Gasteiger partial charge in [-0.15, -0.1) is 0 Å². The fraction of sp³-hybridized carbons (Fsp3) is 0.308. The number of benzene rings is 1. The van der Waals surface area contributed by atoms with E-state index in [2.05, 4.69) is 16.4 Å². The molecule has 1 aromatic heterocycles. The van der Waals surface area contributed by atoms with Crippen LogP contribution in [-0.2, 0) is 0 Å². The molecule has 16 heavy (non-hydrogen) atoms. The molecule has 1 aromatic carbocycles. The Morgan fingerprint density at radius 2 is 2.12 bits per heavy atom. The molecular formula is C13H16N2O. The van der Waals surface area contributed by atoms with Gasteiger partial charge in [0, 0.05) is 12.4 Å². The summed E-state index contributed by atoms with van der Waals surface area (Å²) in [6.45, 7) is 4.72. The lowest BCUT2D eigenvalue weighted by molar-refractivity contribution is 0.340. The molecule has 0 fully saturated rings. The van der Waals surface area contributed by atoms with E-state index in [1.807, 2.05) is 39.1 Å². The van der Waals surface area contributed by atoms with E-state index in [9.17, 15) is 0 Å². The molecule has 0 spiro atoms. The van der Waals surface area contributed by atoms with E-state index in [-0.39, 0.29) is 0 Å². The van der Waals surface area contributed by atoms with E-state index in [1.165, 1.54) is 0 Å². The van der Waals surface area contributed by atoms with Crippen LogP contribution in [0.4, 0.5) is 5.82 Å². The number of fused-ring (bicyclic) bond motifs is 1. The first-order valence-corrected chi connectivity index (χ1v) is 5.46. The fourth-order valence-corrected chi connectivity index (χ4v) is 1.77. The van der Waals surface area contributed by atoms with Crippen LogP contribution in [0.3, 0.4) is 0 Å². The third-order valence-electron chi connectivity index (χ3n) is 2.52. The van der Waals surface area contributed by atoms with E-state index >= 15 is 0 Å². The van der Waals surface area contributed by atoms with Gasteiger partial charge < -0.3 is 10.1 Å². The smallest absolute Gasteiger partial charge is 0.129 e. The summed E-state index contributed by atoms with van der Waals surface area (Å²) in [4.78, 5) is 4.53. The van der Waals surface area contributed by atoms with Gasteiger partial charge in [0.25, 0.3) is 0 Å². The summed E-state index contributed by atoms with van der Waals surface area (Å²) in [6.07, 6.45) is 0. The number of ether oxygens (including phenoxy) is 1. The summed E-state index contributed by atoms with van der Waals surface area (Å²) in [5.41, 5.74) is 2.13. The quantitative estimate of drug-likeness (QED) is 0.856. The first kappa shape index (κ1) is 10.7. The highest BCUT2D eigenvalue weighted by Crippen LogP contribution is 2.23. The second-order valence-electron chi connectivity index (χ2n) is 3.69. The molecule has 1 N–H and O–H groups in total. The zero-order valence-electron chi connectivity index (χ0n) is 9.87. The second kappa shape index (κ2) is 4.39. The van der Waals surface area contributed by atoms with Crippen LogP contribution >= 0.6 is 0 Å². The van der Waals surface area contributed by atoms with Crippen molar-refractivity contribution in [3.05, 3.63) is 29.8 Å². The molecule has 0 unspecified atom stereocenters. The number of aryl methyl sites for hydroxylation is 1. The Kier molecular flexibility index (Phi) is 2.95. The molecule has 0 aliphatic carbocycles. The van der Waals surface area contributed by atoms with Gasteiger partial charge in [-0.3, -0.25) is 0 Å². The molecule has 2 rings (SSSR count). The maximum atomic E-state index is 5.47. The fourth-order valence-electron chi connectivity index (χ4n) is 1.77. The zero-order valence-corrected chi connectivity index (χ0v) is 9.87. The van der Waals surface area contributed by atoms with Crippen LogP contribution < -0.4 is 10.1 Å². The standard InChI is InChI=1S/C13H16N2O/c1-4-16-11-5-6-12-10(8-11)7-9(2)13(14-3)15-12/h5-8H,4H2,1-3H3,(H,14,15). The van der Waals surface area contributed by atoms with Crippen LogP contribution in [0, 0.1) is 6.92 Å². The molecule has 84 valence electrons. The molecule has 3 heteroatoms. The Bertz CT molecular complexity index is 509. The van der Waals surface area contributed by atoms with Gasteiger partial charge in [-0.2, -0.15) is 0 Å². The highest BCUT2D eigenvalue weighted by molar-refractivity contribution is 5.83. The molecule has 0 atom stereocenters. The Hall–Kier alpha value is -1.77. The van der Waals surface area contributed by atoms with E-state index < -0.39 is 0 Å². The Morgan fingerprint density at radius 3 is 2.81 bits per heavy atom. The molecule has 2 aromatic rings. The average Bonchev–Trinajstić information content (AvgIpc) is 2.28. The van der Waals surface area contributed by atoms with Gasteiger partial charge >= 0.3 is 0 Å². The average molecular weight is 216 g/mol. The van der Waals surface area contributed by atoms with Crippen LogP contribution in [0.25, 0.3) is 10.9 Å². The van der Waals surface area contributed by atoms with Crippen LogP contribution in [0.15, 0.2) is 24.3 Å². The number of pyridine rings is 1. The molecule has 0 saturated carbocycles. The minimum Gasteiger partial charge on any atom is -0.494 e. The first-order chi connectivity index (χ1) is 7.74. The van der Waals surface area contributed by atoms with Crippen molar-refractivity contribution in [3.8, 4) is 5.75 Å². The lowest BCUT2D eigenvalue weighted by atomic mass is 10.1. The minimum atomic E-state index is 0.687. The number of hydrogen-bond donors (Lipinski definition) is 1. The lowest BCUT2D eigenvalue weighted by Gasteiger charge is -2.08. The van der Waals surface area contributed by atoms with Crippen molar-refractivity contribution in [1.29, 1.82) is 0 Å². The van der Waals surface area contributed by atoms with E-state index in [1.54, 1.807) is 0 Å². The van der Waals surface area contributed by atoms with Gasteiger partial charge in [-0.05, 0) is 43.7 Å². The van der Waals surface area contributed by atoms with Crippen molar-refractivity contribution < 1.29 is 4.74 Å². The van der Waals surface area contributed by atoms with E-state index in [0.717, 1.165) is 28.0 Å². The van der Waals surface area contributed by atoms with Crippen LogP contribution in [0.5, 0.6) is 5.75 Å². The lowest BCUT2D eigenvalue weighted by Crippen LogP contribution is -1.96. The molecule has 3 nitrogen and oxygen atoms in total. The van der Waals surface area contributed by atoms with Crippen molar-refractivity contribution in [2.45, 2.75) is 13.8 Å². The highest BCUT2D eigenvalue weighted by atomic mass is 16.5. The Labute approximate surface area is 95.5 Å². The summed E-state index contributed by atoms with van der Waals surface area (Å²) in [7, 11) is 1.88. The third kappa shape index (κ3) is 1.94. The maximum Gasteiger partial charge on any atom is 0.129 e. The summed E-state index contributed by atoms with van der Waals surface area (Å²) in [5, 5.41) is 4.20. The summed E-state index contributed by atoms with van der Waals surface area (Å²) >= 11 is 0. The molecule has 0 aliphatic heterocycles. The predicted molar refractivity (Wildman–Crippen MR) is 67.2 cm³/mol. The normalized spacial score (nSPS) is 10.4. The number of hydrogen-bond acceptors (Lipinski definition) is 3. The van der Waals surface area contributed by atoms with Gasteiger partial charge in [-0.1, -0.05) is 0 Å².